The molecule has 0 aliphatic carbocycles. The lowest BCUT2D eigenvalue weighted by Crippen LogP contribution is -2.14. The van der Waals surface area contributed by atoms with E-state index in [9.17, 15) is 14.9 Å². The summed E-state index contributed by atoms with van der Waals surface area (Å²) in [6, 6.07) is 12.8. The summed E-state index contributed by atoms with van der Waals surface area (Å²) in [5, 5.41) is 10.8. The first kappa shape index (κ1) is 14.5. The molecule has 0 unspecified atom stereocenters. The highest BCUT2D eigenvalue weighted by Crippen LogP contribution is 2.26. The SMILES string of the molecule is C[C@H](Oc1ccccc1C(N)=O)c1cccc([N+](=O)[O-])c1. The van der Waals surface area contributed by atoms with E-state index in [1.54, 1.807) is 43.3 Å². The highest BCUT2D eigenvalue weighted by molar-refractivity contribution is 5.95. The molecule has 0 aliphatic rings. The molecule has 2 rings (SSSR count). The van der Waals surface area contributed by atoms with Crippen LogP contribution in [0.15, 0.2) is 48.5 Å². The predicted octanol–water partition coefficient (Wildman–Crippen LogP) is 2.83. The number of hydrogen-bond donors (Lipinski definition) is 1. The molecule has 1 amide bonds. The molecule has 0 saturated carbocycles. The maximum Gasteiger partial charge on any atom is 0.269 e. The summed E-state index contributed by atoms with van der Waals surface area (Å²) < 4.78 is 5.70. The average Bonchev–Trinajstić information content (AvgIpc) is 2.47. The summed E-state index contributed by atoms with van der Waals surface area (Å²) in [6.45, 7) is 1.75. The van der Waals surface area contributed by atoms with E-state index < -0.39 is 16.9 Å². The monoisotopic (exact) mass is 286 g/mol. The molecule has 2 aromatic rings. The molecule has 0 saturated heterocycles. The van der Waals surface area contributed by atoms with E-state index in [4.69, 9.17) is 10.5 Å². The summed E-state index contributed by atoms with van der Waals surface area (Å²) >= 11 is 0. The van der Waals surface area contributed by atoms with E-state index in [1.807, 2.05) is 0 Å². The van der Waals surface area contributed by atoms with Crippen LogP contribution < -0.4 is 10.5 Å². The largest absolute Gasteiger partial charge is 0.485 e. The molecule has 0 heterocycles. The fourth-order valence-corrected chi connectivity index (χ4v) is 1.92. The number of benzene rings is 2. The first-order valence-corrected chi connectivity index (χ1v) is 6.29. The standard InChI is InChI=1S/C15H14N2O4/c1-10(11-5-4-6-12(9-11)17(19)20)21-14-8-3-2-7-13(14)15(16)18/h2-10H,1H3,(H2,16,18)/t10-/m0/s1. The molecular weight excluding hydrogens is 272 g/mol. The fourth-order valence-electron chi connectivity index (χ4n) is 1.92. The Morgan fingerprint density at radius 3 is 2.62 bits per heavy atom. The zero-order chi connectivity index (χ0) is 15.4. The van der Waals surface area contributed by atoms with Crippen LogP contribution in [0.4, 0.5) is 5.69 Å². The number of hydrogen-bond acceptors (Lipinski definition) is 4. The minimum atomic E-state index is -0.586. The van der Waals surface area contributed by atoms with Gasteiger partial charge in [0.25, 0.3) is 11.6 Å². The Kier molecular flexibility index (Phi) is 4.18. The van der Waals surface area contributed by atoms with Crippen LogP contribution in [0, 0.1) is 10.1 Å². The van der Waals surface area contributed by atoms with Crippen LogP contribution in [-0.2, 0) is 0 Å². The second-order valence-corrected chi connectivity index (χ2v) is 4.47. The summed E-state index contributed by atoms with van der Waals surface area (Å²) in [4.78, 5) is 21.7. The summed E-state index contributed by atoms with van der Waals surface area (Å²) in [5.74, 6) is -0.235. The van der Waals surface area contributed by atoms with Gasteiger partial charge in [0.15, 0.2) is 0 Å². The minimum Gasteiger partial charge on any atom is -0.485 e. The number of amides is 1. The lowest BCUT2D eigenvalue weighted by Gasteiger charge is -2.16. The van der Waals surface area contributed by atoms with Gasteiger partial charge >= 0.3 is 0 Å². The van der Waals surface area contributed by atoms with Crippen molar-refractivity contribution in [2.75, 3.05) is 0 Å². The smallest absolute Gasteiger partial charge is 0.269 e. The number of nitrogens with zero attached hydrogens (tertiary/aromatic N) is 1. The molecule has 21 heavy (non-hydrogen) atoms. The summed E-state index contributed by atoms with van der Waals surface area (Å²) in [6.07, 6.45) is -0.453. The van der Waals surface area contributed by atoms with Crippen molar-refractivity contribution in [1.29, 1.82) is 0 Å². The topological polar surface area (TPSA) is 95.5 Å². The van der Waals surface area contributed by atoms with Crippen molar-refractivity contribution < 1.29 is 14.5 Å². The van der Waals surface area contributed by atoms with Gasteiger partial charge in [-0.05, 0) is 24.6 Å². The van der Waals surface area contributed by atoms with Crippen molar-refractivity contribution in [3.8, 4) is 5.75 Å². The van der Waals surface area contributed by atoms with E-state index in [2.05, 4.69) is 0 Å². The Hall–Kier alpha value is -2.89. The molecule has 6 nitrogen and oxygen atoms in total. The van der Waals surface area contributed by atoms with Crippen molar-refractivity contribution in [2.45, 2.75) is 13.0 Å². The van der Waals surface area contributed by atoms with Gasteiger partial charge in [-0.15, -0.1) is 0 Å². The molecule has 0 aliphatic heterocycles. The molecular formula is C15H14N2O4. The van der Waals surface area contributed by atoms with Gasteiger partial charge in [0.2, 0.25) is 0 Å². The third-order valence-electron chi connectivity index (χ3n) is 3.01. The molecule has 0 fully saturated rings. The van der Waals surface area contributed by atoms with Gasteiger partial charge in [-0.1, -0.05) is 24.3 Å². The predicted molar refractivity (Wildman–Crippen MR) is 77.1 cm³/mol. The number of rotatable bonds is 5. The highest BCUT2D eigenvalue weighted by atomic mass is 16.6. The second kappa shape index (κ2) is 6.04. The third kappa shape index (κ3) is 3.36. The maximum absolute atomic E-state index is 11.3. The van der Waals surface area contributed by atoms with E-state index in [0.29, 0.717) is 11.3 Å². The van der Waals surface area contributed by atoms with Crippen LogP contribution >= 0.6 is 0 Å². The van der Waals surface area contributed by atoms with E-state index >= 15 is 0 Å². The Bertz CT molecular complexity index is 685. The molecule has 0 spiro atoms. The van der Waals surface area contributed by atoms with Crippen molar-refractivity contribution in [1.82, 2.24) is 0 Å². The van der Waals surface area contributed by atoms with Crippen LogP contribution in [0.1, 0.15) is 28.9 Å². The lowest BCUT2D eigenvalue weighted by molar-refractivity contribution is -0.385. The molecule has 108 valence electrons. The number of nitro groups is 1. The Balaban J connectivity index is 2.26. The van der Waals surface area contributed by atoms with Gasteiger partial charge in [0.1, 0.15) is 11.9 Å². The maximum atomic E-state index is 11.3. The summed E-state index contributed by atoms with van der Waals surface area (Å²) in [5.41, 5.74) is 6.19. The van der Waals surface area contributed by atoms with Gasteiger partial charge < -0.3 is 10.5 Å². The first-order valence-electron chi connectivity index (χ1n) is 6.29. The van der Waals surface area contributed by atoms with Crippen LogP contribution in [0.25, 0.3) is 0 Å². The van der Waals surface area contributed by atoms with Gasteiger partial charge in [0, 0.05) is 12.1 Å². The van der Waals surface area contributed by atoms with E-state index in [-0.39, 0.29) is 11.3 Å². The van der Waals surface area contributed by atoms with Crippen molar-refractivity contribution >= 4 is 11.6 Å². The van der Waals surface area contributed by atoms with Crippen molar-refractivity contribution in [3.63, 3.8) is 0 Å². The number of nitro benzene ring substituents is 1. The van der Waals surface area contributed by atoms with Crippen molar-refractivity contribution in [2.24, 2.45) is 5.73 Å². The molecule has 2 aromatic carbocycles. The minimum absolute atomic E-state index is 0.00821. The highest BCUT2D eigenvalue weighted by Gasteiger charge is 2.15. The van der Waals surface area contributed by atoms with Gasteiger partial charge in [-0.3, -0.25) is 14.9 Å². The Labute approximate surface area is 121 Å². The third-order valence-corrected chi connectivity index (χ3v) is 3.01. The number of carbonyl (C=O) groups excluding carboxylic acids is 1. The quantitative estimate of drug-likeness (QED) is 0.675. The molecule has 6 heteroatoms. The summed E-state index contributed by atoms with van der Waals surface area (Å²) in [7, 11) is 0. The number of primary amides is 1. The molecule has 0 aromatic heterocycles. The number of para-hydroxylation sites is 1. The number of carbonyl (C=O) groups is 1. The van der Waals surface area contributed by atoms with Gasteiger partial charge in [-0.25, -0.2) is 0 Å². The molecule has 0 radical (unpaired) electrons. The van der Waals surface area contributed by atoms with Crippen molar-refractivity contribution in [3.05, 3.63) is 69.8 Å². The van der Waals surface area contributed by atoms with Crippen LogP contribution in [0.5, 0.6) is 5.75 Å². The Morgan fingerprint density at radius 1 is 1.24 bits per heavy atom. The fraction of sp³-hybridized carbons (Fsp3) is 0.133. The lowest BCUT2D eigenvalue weighted by atomic mass is 10.1. The van der Waals surface area contributed by atoms with Crippen LogP contribution in [-0.4, -0.2) is 10.8 Å². The van der Waals surface area contributed by atoms with Crippen LogP contribution in [0.2, 0.25) is 0 Å². The van der Waals surface area contributed by atoms with E-state index in [1.165, 1.54) is 12.1 Å². The van der Waals surface area contributed by atoms with Gasteiger partial charge in [0.05, 0.1) is 10.5 Å². The number of ether oxygens (including phenoxy) is 1. The van der Waals surface area contributed by atoms with E-state index in [0.717, 1.165) is 0 Å². The zero-order valence-electron chi connectivity index (χ0n) is 11.4. The average molecular weight is 286 g/mol. The number of non-ortho nitro benzene ring substituents is 1. The second-order valence-electron chi connectivity index (χ2n) is 4.47. The van der Waals surface area contributed by atoms with Crippen LogP contribution in [0.3, 0.4) is 0 Å². The Morgan fingerprint density at radius 2 is 1.95 bits per heavy atom. The first-order chi connectivity index (χ1) is 9.99. The van der Waals surface area contributed by atoms with Gasteiger partial charge in [-0.2, -0.15) is 0 Å². The molecule has 0 bridgehead atoms. The number of nitrogens with two attached hydrogens (primary N) is 1. The zero-order valence-corrected chi connectivity index (χ0v) is 11.4. The molecule has 1 atom stereocenters. The normalized spacial score (nSPS) is 11.7. The molecule has 2 N–H and O–H groups in total.